The highest BCUT2D eigenvalue weighted by Gasteiger charge is 2.34. The van der Waals surface area contributed by atoms with Gasteiger partial charge in [0.25, 0.3) is 17.5 Å². The molecule has 0 saturated carbocycles. The number of nitro benzene ring substituents is 1. The topological polar surface area (TPSA) is 89.8 Å². The Labute approximate surface area is 144 Å². The Morgan fingerprint density at radius 3 is 2.28 bits per heavy atom. The first-order valence-electron chi connectivity index (χ1n) is 7.90. The number of fused-ring (bicyclic) bond motifs is 1. The van der Waals surface area contributed by atoms with E-state index in [2.05, 4.69) is 0 Å². The van der Waals surface area contributed by atoms with Crippen molar-refractivity contribution < 1.29 is 19.2 Å². The van der Waals surface area contributed by atoms with Crippen molar-refractivity contribution in [2.75, 3.05) is 13.2 Å². The van der Waals surface area contributed by atoms with Gasteiger partial charge in [0, 0.05) is 12.6 Å². The number of non-ortho nitro benzene ring substituents is 1. The molecule has 1 aliphatic heterocycles. The van der Waals surface area contributed by atoms with Crippen molar-refractivity contribution >= 4 is 17.5 Å². The average Bonchev–Trinajstić information content (AvgIpc) is 2.87. The maximum Gasteiger partial charge on any atom is 0.273 e. The van der Waals surface area contributed by atoms with Crippen LogP contribution in [0.4, 0.5) is 5.69 Å². The molecule has 0 aromatic heterocycles. The van der Waals surface area contributed by atoms with E-state index < -0.39 is 4.92 Å². The molecule has 0 N–H and O–H groups in total. The summed E-state index contributed by atoms with van der Waals surface area (Å²) in [5.41, 5.74) is 0.865. The number of ether oxygens (including phenoxy) is 1. The second-order valence-corrected chi connectivity index (χ2v) is 5.62. The molecule has 2 amide bonds. The molecule has 0 atom stereocenters. The summed E-state index contributed by atoms with van der Waals surface area (Å²) in [6.07, 6.45) is 1.22. The predicted octanol–water partition coefficient (Wildman–Crippen LogP) is 3.05. The molecule has 3 rings (SSSR count). The molecule has 0 spiro atoms. The molecule has 1 aliphatic rings. The highest BCUT2D eigenvalue weighted by molar-refractivity contribution is 6.21. The van der Waals surface area contributed by atoms with Gasteiger partial charge >= 0.3 is 0 Å². The van der Waals surface area contributed by atoms with Gasteiger partial charge in [-0.05, 0) is 31.0 Å². The Bertz CT molecular complexity index is 799. The van der Waals surface area contributed by atoms with Crippen LogP contribution in [0.1, 0.15) is 33.6 Å². The normalized spacial score (nSPS) is 13.0. The molecule has 0 radical (unpaired) electrons. The van der Waals surface area contributed by atoms with Gasteiger partial charge in [0.1, 0.15) is 5.75 Å². The van der Waals surface area contributed by atoms with E-state index in [1.807, 2.05) is 0 Å². The van der Waals surface area contributed by atoms with Crippen molar-refractivity contribution in [3.63, 3.8) is 0 Å². The average molecular weight is 340 g/mol. The minimum absolute atomic E-state index is 0.0245. The zero-order valence-electron chi connectivity index (χ0n) is 13.4. The smallest absolute Gasteiger partial charge is 0.273 e. The first-order chi connectivity index (χ1) is 12.1. The summed E-state index contributed by atoms with van der Waals surface area (Å²) < 4.78 is 5.48. The standard InChI is InChI=1S/C18H16N2O5/c21-17-15-8-1-2-9-16(15)18(22)19(17)10-3-4-11-25-14-7-5-6-13(12-14)20(23)24/h1-2,5-9,12H,3-4,10-11H2. The van der Waals surface area contributed by atoms with E-state index in [-0.39, 0.29) is 17.5 Å². The number of carbonyl (C=O) groups is 2. The van der Waals surface area contributed by atoms with E-state index in [1.54, 1.807) is 36.4 Å². The van der Waals surface area contributed by atoms with E-state index in [9.17, 15) is 19.7 Å². The van der Waals surface area contributed by atoms with Gasteiger partial charge in [0.2, 0.25) is 0 Å². The quantitative estimate of drug-likeness (QED) is 0.334. The lowest BCUT2D eigenvalue weighted by molar-refractivity contribution is -0.384. The van der Waals surface area contributed by atoms with Crippen LogP contribution in [0.2, 0.25) is 0 Å². The molecule has 128 valence electrons. The van der Waals surface area contributed by atoms with E-state index in [0.717, 1.165) is 0 Å². The molecular weight excluding hydrogens is 324 g/mol. The number of carbonyl (C=O) groups excluding carboxylic acids is 2. The van der Waals surface area contributed by atoms with Crippen LogP contribution in [0.5, 0.6) is 5.75 Å². The van der Waals surface area contributed by atoms with Crippen molar-refractivity contribution in [1.82, 2.24) is 4.90 Å². The molecule has 7 heteroatoms. The largest absolute Gasteiger partial charge is 0.493 e. The zero-order chi connectivity index (χ0) is 17.8. The Kier molecular flexibility index (Phi) is 4.74. The maximum absolute atomic E-state index is 12.2. The third kappa shape index (κ3) is 3.50. The summed E-state index contributed by atoms with van der Waals surface area (Å²) in [5, 5.41) is 10.7. The van der Waals surface area contributed by atoms with Crippen LogP contribution in [0.3, 0.4) is 0 Å². The Hall–Kier alpha value is -3.22. The number of unbranched alkanes of at least 4 members (excludes halogenated alkanes) is 1. The molecular formula is C18H16N2O5. The molecule has 2 aromatic rings. The molecule has 1 heterocycles. The second-order valence-electron chi connectivity index (χ2n) is 5.62. The fourth-order valence-corrected chi connectivity index (χ4v) is 2.69. The Balaban J connectivity index is 1.47. The van der Waals surface area contributed by atoms with E-state index in [4.69, 9.17) is 4.74 Å². The van der Waals surface area contributed by atoms with Crippen molar-refractivity contribution in [1.29, 1.82) is 0 Å². The molecule has 0 aliphatic carbocycles. The summed E-state index contributed by atoms with van der Waals surface area (Å²) in [6, 6.07) is 12.8. The number of hydrogen-bond donors (Lipinski definition) is 0. The molecule has 2 aromatic carbocycles. The van der Waals surface area contributed by atoms with E-state index >= 15 is 0 Å². The number of nitro groups is 1. The highest BCUT2D eigenvalue weighted by Crippen LogP contribution is 2.23. The highest BCUT2D eigenvalue weighted by atomic mass is 16.6. The summed E-state index contributed by atoms with van der Waals surface area (Å²) in [7, 11) is 0. The van der Waals surface area contributed by atoms with Gasteiger partial charge in [0.05, 0.1) is 28.7 Å². The minimum Gasteiger partial charge on any atom is -0.493 e. The first-order valence-corrected chi connectivity index (χ1v) is 7.90. The van der Waals surface area contributed by atoms with Gasteiger partial charge in [-0.25, -0.2) is 0 Å². The number of rotatable bonds is 7. The van der Waals surface area contributed by atoms with Crippen LogP contribution in [-0.4, -0.2) is 34.8 Å². The van der Waals surface area contributed by atoms with Crippen molar-refractivity contribution in [2.45, 2.75) is 12.8 Å². The van der Waals surface area contributed by atoms with Crippen molar-refractivity contribution in [3.8, 4) is 5.75 Å². The Morgan fingerprint density at radius 2 is 1.64 bits per heavy atom. The first kappa shape index (κ1) is 16.6. The molecule has 7 nitrogen and oxygen atoms in total. The van der Waals surface area contributed by atoms with Crippen LogP contribution in [0.15, 0.2) is 48.5 Å². The van der Waals surface area contributed by atoms with Crippen molar-refractivity contribution in [2.24, 2.45) is 0 Å². The number of nitrogens with zero attached hydrogens (tertiary/aromatic N) is 2. The third-order valence-electron chi connectivity index (χ3n) is 3.95. The van der Waals surface area contributed by atoms with Gasteiger partial charge in [-0.3, -0.25) is 24.6 Å². The monoisotopic (exact) mass is 340 g/mol. The van der Waals surface area contributed by atoms with Gasteiger partial charge in [-0.15, -0.1) is 0 Å². The molecule has 0 saturated heterocycles. The van der Waals surface area contributed by atoms with Crippen LogP contribution in [0, 0.1) is 10.1 Å². The van der Waals surface area contributed by atoms with Crippen LogP contribution in [0.25, 0.3) is 0 Å². The molecule has 25 heavy (non-hydrogen) atoms. The lowest BCUT2D eigenvalue weighted by Gasteiger charge is -2.13. The number of amides is 2. The summed E-state index contributed by atoms with van der Waals surface area (Å²) in [6.45, 7) is 0.676. The number of benzene rings is 2. The maximum atomic E-state index is 12.2. The van der Waals surface area contributed by atoms with Crippen molar-refractivity contribution in [3.05, 3.63) is 69.8 Å². The van der Waals surface area contributed by atoms with Gasteiger partial charge < -0.3 is 4.74 Å². The lowest BCUT2D eigenvalue weighted by Crippen LogP contribution is -2.30. The van der Waals surface area contributed by atoms with E-state index in [1.165, 1.54) is 17.0 Å². The summed E-state index contributed by atoms with van der Waals surface area (Å²) in [4.78, 5) is 35.9. The second kappa shape index (κ2) is 7.12. The Morgan fingerprint density at radius 1 is 0.960 bits per heavy atom. The third-order valence-corrected chi connectivity index (χ3v) is 3.95. The SMILES string of the molecule is O=C1c2ccccc2C(=O)N1CCCCOc1cccc([N+](=O)[O-])c1. The lowest BCUT2D eigenvalue weighted by atomic mass is 10.1. The van der Waals surface area contributed by atoms with Gasteiger partial charge in [-0.1, -0.05) is 18.2 Å². The number of hydrogen-bond acceptors (Lipinski definition) is 5. The summed E-state index contributed by atoms with van der Waals surface area (Å²) >= 11 is 0. The molecule has 0 unspecified atom stereocenters. The molecule has 0 fully saturated rings. The fraction of sp³-hybridized carbons (Fsp3) is 0.222. The minimum atomic E-state index is -0.477. The zero-order valence-corrected chi connectivity index (χ0v) is 13.4. The van der Waals surface area contributed by atoms with Crippen LogP contribution < -0.4 is 4.74 Å². The fourth-order valence-electron chi connectivity index (χ4n) is 2.69. The molecule has 0 bridgehead atoms. The predicted molar refractivity (Wildman–Crippen MR) is 89.6 cm³/mol. The van der Waals surface area contributed by atoms with Crippen LogP contribution >= 0.6 is 0 Å². The van der Waals surface area contributed by atoms with Gasteiger partial charge in [0.15, 0.2) is 0 Å². The van der Waals surface area contributed by atoms with E-state index in [0.29, 0.717) is 42.9 Å². The van der Waals surface area contributed by atoms with Crippen LogP contribution in [-0.2, 0) is 0 Å². The van der Waals surface area contributed by atoms with Gasteiger partial charge in [-0.2, -0.15) is 0 Å². The number of imide groups is 1. The summed E-state index contributed by atoms with van der Waals surface area (Å²) in [5.74, 6) is -0.102.